The Bertz CT molecular complexity index is 1080. The fourth-order valence-corrected chi connectivity index (χ4v) is 4.87. The van der Waals surface area contributed by atoms with Crippen molar-refractivity contribution < 1.29 is 14.3 Å². The number of amides is 2. The van der Waals surface area contributed by atoms with Crippen LogP contribution in [0.15, 0.2) is 66.0 Å². The number of benzene rings is 2. The van der Waals surface area contributed by atoms with Crippen LogP contribution in [0.5, 0.6) is 5.75 Å². The third-order valence-corrected chi connectivity index (χ3v) is 6.95. The second kappa shape index (κ2) is 11.3. The lowest BCUT2D eigenvalue weighted by molar-refractivity contribution is -0.126. The van der Waals surface area contributed by atoms with E-state index < -0.39 is 0 Å². The van der Waals surface area contributed by atoms with E-state index in [9.17, 15) is 9.59 Å². The Balaban J connectivity index is 1.25. The molecular weight excluding hydrogens is 456 g/mol. The van der Waals surface area contributed by atoms with Gasteiger partial charge in [0.25, 0.3) is 5.91 Å². The topological polar surface area (TPSA) is 58.6 Å². The van der Waals surface area contributed by atoms with Gasteiger partial charge in [-0.15, -0.1) is 11.3 Å². The van der Waals surface area contributed by atoms with Gasteiger partial charge in [0.1, 0.15) is 12.4 Å². The minimum absolute atomic E-state index is 0.0280. The average molecular weight is 483 g/mol. The fraction of sp³-hybridized carbons (Fsp3) is 0.308. The number of halogens is 1. The van der Waals surface area contributed by atoms with Gasteiger partial charge in [-0.1, -0.05) is 35.9 Å². The van der Waals surface area contributed by atoms with Crippen LogP contribution in [-0.2, 0) is 17.8 Å². The van der Waals surface area contributed by atoms with Crippen molar-refractivity contribution in [3.63, 3.8) is 0 Å². The average Bonchev–Trinajstić information content (AvgIpc) is 3.36. The summed E-state index contributed by atoms with van der Waals surface area (Å²) in [6.45, 7) is 2.19. The van der Waals surface area contributed by atoms with Crippen LogP contribution in [0, 0.1) is 5.92 Å². The van der Waals surface area contributed by atoms with Crippen LogP contribution in [0.1, 0.15) is 33.6 Å². The Morgan fingerprint density at radius 2 is 1.88 bits per heavy atom. The van der Waals surface area contributed by atoms with E-state index in [2.05, 4.69) is 11.4 Å². The van der Waals surface area contributed by atoms with E-state index in [-0.39, 0.29) is 17.7 Å². The first kappa shape index (κ1) is 23.3. The van der Waals surface area contributed by atoms with Crippen LogP contribution >= 0.6 is 22.9 Å². The van der Waals surface area contributed by atoms with Crippen LogP contribution < -0.4 is 10.1 Å². The highest BCUT2D eigenvalue weighted by Crippen LogP contribution is 2.22. The summed E-state index contributed by atoms with van der Waals surface area (Å²) < 4.78 is 5.86. The zero-order valence-electron chi connectivity index (χ0n) is 18.3. The number of rotatable bonds is 8. The van der Waals surface area contributed by atoms with Gasteiger partial charge >= 0.3 is 0 Å². The zero-order valence-corrected chi connectivity index (χ0v) is 19.9. The van der Waals surface area contributed by atoms with Crippen LogP contribution in [-0.4, -0.2) is 36.3 Å². The van der Waals surface area contributed by atoms with Crippen molar-refractivity contribution in [3.8, 4) is 5.75 Å². The number of hydrogen-bond donors (Lipinski definition) is 1. The number of carbonyl (C=O) groups is 2. The standard InChI is InChI=1S/C26H27ClN2O3S/c27-22-6-1-4-19(16-22)18-32-23-7-2-5-21(17-23)26(31)29-13-10-20(11-14-29)25(30)28-12-9-24-8-3-15-33-24/h1-8,15-17,20H,9-14,18H2,(H,28,30). The Morgan fingerprint density at radius 3 is 2.64 bits per heavy atom. The summed E-state index contributed by atoms with van der Waals surface area (Å²) in [5, 5.41) is 5.76. The molecule has 1 aliphatic heterocycles. The van der Waals surface area contributed by atoms with Gasteiger partial charge in [-0.3, -0.25) is 9.59 Å². The molecular formula is C26H27ClN2O3S. The number of carbonyl (C=O) groups excluding carboxylic acids is 2. The Labute approximate surface area is 203 Å². The molecule has 0 radical (unpaired) electrons. The molecule has 0 spiro atoms. The fourth-order valence-electron chi connectivity index (χ4n) is 3.95. The number of nitrogens with one attached hydrogen (secondary N) is 1. The number of hydrogen-bond acceptors (Lipinski definition) is 4. The third-order valence-electron chi connectivity index (χ3n) is 5.78. The van der Waals surface area contributed by atoms with E-state index in [0.29, 0.717) is 55.4 Å². The number of ether oxygens (including phenoxy) is 1. The summed E-state index contributed by atoms with van der Waals surface area (Å²) in [7, 11) is 0. The largest absolute Gasteiger partial charge is 0.489 e. The molecule has 172 valence electrons. The highest BCUT2D eigenvalue weighted by molar-refractivity contribution is 7.09. The maximum Gasteiger partial charge on any atom is 0.253 e. The van der Waals surface area contributed by atoms with E-state index >= 15 is 0 Å². The van der Waals surface area contributed by atoms with Crippen LogP contribution in [0.2, 0.25) is 5.02 Å². The molecule has 0 unspecified atom stereocenters. The molecule has 1 fully saturated rings. The molecule has 0 aliphatic carbocycles. The predicted octanol–water partition coefficient (Wildman–Crippen LogP) is 5.19. The smallest absolute Gasteiger partial charge is 0.253 e. The minimum Gasteiger partial charge on any atom is -0.489 e. The van der Waals surface area contributed by atoms with E-state index in [0.717, 1.165) is 12.0 Å². The van der Waals surface area contributed by atoms with Gasteiger partial charge in [0, 0.05) is 41.0 Å². The SMILES string of the molecule is O=C(NCCc1cccs1)C1CCN(C(=O)c2cccc(OCc3cccc(Cl)c3)c2)CC1. The van der Waals surface area contributed by atoms with Gasteiger partial charge in [0.05, 0.1) is 0 Å². The van der Waals surface area contributed by atoms with Gasteiger partial charge in [0.2, 0.25) is 5.91 Å². The highest BCUT2D eigenvalue weighted by Gasteiger charge is 2.27. The Morgan fingerprint density at radius 1 is 1.06 bits per heavy atom. The molecule has 1 aromatic heterocycles. The first-order chi connectivity index (χ1) is 16.1. The lowest BCUT2D eigenvalue weighted by Crippen LogP contribution is -2.43. The summed E-state index contributed by atoms with van der Waals surface area (Å²) >= 11 is 7.73. The lowest BCUT2D eigenvalue weighted by atomic mass is 9.95. The van der Waals surface area contributed by atoms with Crippen molar-refractivity contribution in [2.45, 2.75) is 25.9 Å². The molecule has 0 atom stereocenters. The minimum atomic E-state index is -0.0373. The molecule has 5 nitrogen and oxygen atoms in total. The molecule has 1 saturated heterocycles. The lowest BCUT2D eigenvalue weighted by Gasteiger charge is -2.31. The third kappa shape index (κ3) is 6.59. The number of nitrogens with zero attached hydrogens (tertiary/aromatic N) is 1. The molecule has 2 amide bonds. The molecule has 33 heavy (non-hydrogen) atoms. The van der Waals surface area contributed by atoms with E-state index in [1.807, 2.05) is 52.7 Å². The Kier molecular flexibility index (Phi) is 8.02. The molecule has 4 rings (SSSR count). The first-order valence-corrected chi connectivity index (χ1v) is 12.4. The van der Waals surface area contributed by atoms with Crippen molar-refractivity contribution in [2.75, 3.05) is 19.6 Å². The normalized spacial score (nSPS) is 14.2. The van der Waals surface area contributed by atoms with Gasteiger partial charge in [-0.05, 0) is 66.6 Å². The molecule has 2 heterocycles. The van der Waals surface area contributed by atoms with Gasteiger partial charge < -0.3 is 15.0 Å². The maximum atomic E-state index is 13.0. The summed E-state index contributed by atoms with van der Waals surface area (Å²) in [6.07, 6.45) is 2.22. The highest BCUT2D eigenvalue weighted by atomic mass is 35.5. The molecule has 1 N–H and O–H groups in total. The molecule has 1 aliphatic rings. The van der Waals surface area contributed by atoms with Crippen molar-refractivity contribution in [2.24, 2.45) is 5.92 Å². The summed E-state index contributed by atoms with van der Waals surface area (Å²) in [5.74, 6) is 0.667. The predicted molar refractivity (Wildman–Crippen MR) is 132 cm³/mol. The molecule has 2 aromatic carbocycles. The molecule has 0 bridgehead atoms. The second-order valence-corrected chi connectivity index (χ2v) is 9.60. The van der Waals surface area contributed by atoms with Crippen LogP contribution in [0.25, 0.3) is 0 Å². The van der Waals surface area contributed by atoms with Gasteiger partial charge in [-0.25, -0.2) is 0 Å². The molecule has 0 saturated carbocycles. The summed E-state index contributed by atoms with van der Waals surface area (Å²) in [6, 6.07) is 18.9. The number of piperidine rings is 1. The summed E-state index contributed by atoms with van der Waals surface area (Å²) in [4.78, 5) is 28.6. The van der Waals surface area contributed by atoms with Crippen molar-refractivity contribution in [3.05, 3.63) is 87.1 Å². The van der Waals surface area contributed by atoms with Crippen LogP contribution in [0.3, 0.4) is 0 Å². The van der Waals surface area contributed by atoms with Gasteiger partial charge in [0.15, 0.2) is 0 Å². The first-order valence-electron chi connectivity index (χ1n) is 11.1. The molecule has 3 aromatic rings. The second-order valence-electron chi connectivity index (χ2n) is 8.13. The number of likely N-dealkylation sites (tertiary alicyclic amines) is 1. The van der Waals surface area contributed by atoms with E-state index in [1.165, 1.54) is 4.88 Å². The monoisotopic (exact) mass is 482 g/mol. The van der Waals surface area contributed by atoms with E-state index in [4.69, 9.17) is 16.3 Å². The van der Waals surface area contributed by atoms with Crippen molar-refractivity contribution >= 4 is 34.8 Å². The quantitative estimate of drug-likeness (QED) is 0.480. The zero-order chi connectivity index (χ0) is 23.0. The van der Waals surface area contributed by atoms with Crippen molar-refractivity contribution in [1.82, 2.24) is 10.2 Å². The van der Waals surface area contributed by atoms with Gasteiger partial charge in [-0.2, -0.15) is 0 Å². The number of thiophene rings is 1. The molecule has 7 heteroatoms. The van der Waals surface area contributed by atoms with E-state index in [1.54, 1.807) is 23.5 Å². The van der Waals surface area contributed by atoms with Crippen molar-refractivity contribution in [1.29, 1.82) is 0 Å². The summed E-state index contributed by atoms with van der Waals surface area (Å²) in [5.41, 5.74) is 1.56. The Hall–Kier alpha value is -2.83. The van der Waals surface area contributed by atoms with Crippen LogP contribution in [0.4, 0.5) is 0 Å². The maximum absolute atomic E-state index is 13.0.